The number of carboxylic acids is 1. The van der Waals surface area contributed by atoms with Crippen molar-refractivity contribution in [3.63, 3.8) is 0 Å². The SMILES string of the molecule is C#CCNC(=O)C(C)(CC(C)(CC(C)(C#N)CCC(=O)O)C(=O)NCC(C)O)CC(C)(C(=O)OCCOCCOC)C(C)(C)C#N. The van der Waals surface area contributed by atoms with Gasteiger partial charge < -0.3 is 35.1 Å². The monoisotopic (exact) mass is 648 g/mol. The van der Waals surface area contributed by atoms with Gasteiger partial charge in [0, 0.05) is 30.9 Å². The number of nitriles is 2. The van der Waals surface area contributed by atoms with Crippen molar-refractivity contribution in [1.29, 1.82) is 10.5 Å². The number of esters is 1. The third kappa shape index (κ3) is 12.6. The number of nitrogens with zero attached hydrogens (tertiary/aromatic N) is 2. The van der Waals surface area contributed by atoms with E-state index in [0.29, 0.717) is 6.61 Å². The third-order valence-electron chi connectivity index (χ3n) is 8.47. The summed E-state index contributed by atoms with van der Waals surface area (Å²) in [5.74, 6) is -0.716. The van der Waals surface area contributed by atoms with E-state index in [0.717, 1.165) is 0 Å². The lowest BCUT2D eigenvalue weighted by atomic mass is 9.56. The minimum absolute atomic E-state index is 0.0721. The van der Waals surface area contributed by atoms with Crippen LogP contribution in [0.5, 0.6) is 0 Å². The number of rotatable bonds is 22. The molecule has 0 aromatic rings. The van der Waals surface area contributed by atoms with Gasteiger partial charge in [-0.15, -0.1) is 6.42 Å². The molecule has 0 radical (unpaired) electrons. The summed E-state index contributed by atoms with van der Waals surface area (Å²) in [4.78, 5) is 52.9. The van der Waals surface area contributed by atoms with Gasteiger partial charge in [-0.1, -0.05) is 19.8 Å². The topological polar surface area (TPSA) is 208 Å². The lowest BCUT2D eigenvalue weighted by Gasteiger charge is -2.46. The summed E-state index contributed by atoms with van der Waals surface area (Å²) in [6.07, 6.45) is 3.45. The fourth-order valence-corrected chi connectivity index (χ4v) is 5.58. The molecule has 0 aliphatic carbocycles. The van der Waals surface area contributed by atoms with Gasteiger partial charge in [0.1, 0.15) is 6.61 Å². The van der Waals surface area contributed by atoms with Crippen LogP contribution in [0.3, 0.4) is 0 Å². The number of hydrogen-bond acceptors (Lipinski definition) is 10. The van der Waals surface area contributed by atoms with Crippen molar-refractivity contribution < 1.29 is 43.6 Å². The normalized spacial score (nSPS) is 17.2. The Morgan fingerprint density at radius 1 is 0.870 bits per heavy atom. The Kier molecular flexibility index (Phi) is 17.0. The van der Waals surface area contributed by atoms with Gasteiger partial charge in [0.05, 0.1) is 60.9 Å². The number of hydrogen-bond donors (Lipinski definition) is 4. The number of carboxylic acid groups (broad SMARTS) is 1. The van der Waals surface area contributed by atoms with Gasteiger partial charge >= 0.3 is 11.9 Å². The summed E-state index contributed by atoms with van der Waals surface area (Å²) in [6, 6.07) is 4.30. The smallest absolute Gasteiger partial charge is 0.313 e. The molecule has 0 aliphatic rings. The molecule has 0 saturated carbocycles. The average molecular weight is 649 g/mol. The van der Waals surface area contributed by atoms with Crippen LogP contribution in [0.25, 0.3) is 0 Å². The Balaban J connectivity index is 6.98. The summed E-state index contributed by atoms with van der Waals surface area (Å²) in [5, 5.41) is 44.7. The number of terminal acetylenes is 1. The highest BCUT2D eigenvalue weighted by atomic mass is 16.6. The molecule has 0 bridgehead atoms. The van der Waals surface area contributed by atoms with Crippen molar-refractivity contribution in [2.45, 2.75) is 86.7 Å². The first-order valence-electron chi connectivity index (χ1n) is 15.2. The van der Waals surface area contributed by atoms with Gasteiger partial charge in [-0.3, -0.25) is 19.2 Å². The number of methoxy groups -OCH3 is 1. The number of aliphatic hydroxyl groups is 1. The van der Waals surface area contributed by atoms with Crippen LogP contribution in [0.1, 0.15) is 80.6 Å². The molecule has 0 fully saturated rings. The maximum Gasteiger partial charge on any atom is 0.313 e. The summed E-state index contributed by atoms with van der Waals surface area (Å²) >= 11 is 0. The highest BCUT2D eigenvalue weighted by Gasteiger charge is 2.57. The van der Waals surface area contributed by atoms with Crippen LogP contribution >= 0.6 is 0 Å². The predicted molar refractivity (Wildman–Crippen MR) is 168 cm³/mol. The molecule has 0 rings (SSSR count). The Morgan fingerprint density at radius 2 is 1.43 bits per heavy atom. The lowest BCUT2D eigenvalue weighted by molar-refractivity contribution is -0.166. The van der Waals surface area contributed by atoms with E-state index in [4.69, 9.17) is 20.6 Å². The molecule has 13 nitrogen and oxygen atoms in total. The summed E-state index contributed by atoms with van der Waals surface area (Å²) < 4.78 is 15.9. The number of nitrogens with one attached hydrogen (secondary N) is 2. The van der Waals surface area contributed by atoms with Crippen LogP contribution < -0.4 is 10.6 Å². The van der Waals surface area contributed by atoms with Crippen LogP contribution in [0.2, 0.25) is 0 Å². The summed E-state index contributed by atoms with van der Waals surface area (Å²) in [7, 11) is 1.52. The molecule has 0 saturated heterocycles. The van der Waals surface area contributed by atoms with Crippen LogP contribution in [0, 0.1) is 62.1 Å². The standard InChI is InChI=1S/C33H52N4O9/c1-10-13-36-26(41)32(7,21-33(8,29(3,4)22-34)28(43)46-17-16-45-15-14-44-9)20-31(6,27(42)37-18-24(2)38)19-30(5,23-35)12-11-25(39)40/h1,24,38H,11-21H2,2-9H3,(H,36,41)(H,37,42)(H,39,40). The van der Waals surface area contributed by atoms with E-state index in [-0.39, 0.29) is 65.0 Å². The lowest BCUT2D eigenvalue weighted by Crippen LogP contribution is -2.54. The van der Waals surface area contributed by atoms with Gasteiger partial charge in [-0.2, -0.15) is 10.5 Å². The van der Waals surface area contributed by atoms with Crippen LogP contribution in [-0.2, 0) is 33.4 Å². The molecule has 13 heteroatoms. The molecule has 0 aromatic carbocycles. The van der Waals surface area contributed by atoms with Crippen molar-refractivity contribution in [1.82, 2.24) is 10.6 Å². The molecule has 0 aromatic heterocycles. The molecule has 0 spiro atoms. The Hall–Kier alpha value is -3.70. The van der Waals surface area contributed by atoms with Crippen LogP contribution in [0.4, 0.5) is 0 Å². The van der Waals surface area contributed by atoms with Crippen molar-refractivity contribution in [2.75, 3.05) is 46.6 Å². The molecule has 0 heterocycles. The molecule has 2 amide bonds. The first-order chi connectivity index (χ1) is 21.2. The Labute approximate surface area is 273 Å². The molecular weight excluding hydrogens is 596 g/mol. The molecule has 46 heavy (non-hydrogen) atoms. The van der Waals surface area contributed by atoms with Gasteiger partial charge in [0.2, 0.25) is 11.8 Å². The van der Waals surface area contributed by atoms with E-state index in [1.54, 1.807) is 34.6 Å². The zero-order valence-corrected chi connectivity index (χ0v) is 28.6. The predicted octanol–water partition coefficient (Wildman–Crippen LogP) is 2.57. The number of ether oxygens (including phenoxy) is 3. The van der Waals surface area contributed by atoms with Gasteiger partial charge in [-0.25, -0.2) is 0 Å². The quantitative estimate of drug-likeness (QED) is 0.0762. The molecule has 258 valence electrons. The number of aliphatic hydroxyl groups excluding tert-OH is 1. The van der Waals surface area contributed by atoms with E-state index >= 15 is 0 Å². The van der Waals surface area contributed by atoms with E-state index in [1.165, 1.54) is 21.0 Å². The highest BCUT2D eigenvalue weighted by Crippen LogP contribution is 2.53. The number of carbonyl (C=O) groups is 4. The number of aliphatic carboxylic acids is 1. The van der Waals surface area contributed by atoms with Crippen LogP contribution in [-0.4, -0.2) is 86.7 Å². The third-order valence-corrected chi connectivity index (χ3v) is 8.47. The second-order valence-electron chi connectivity index (χ2n) is 13.5. The maximum absolute atomic E-state index is 13.9. The minimum atomic E-state index is -1.60. The fourth-order valence-electron chi connectivity index (χ4n) is 5.58. The highest BCUT2D eigenvalue weighted by molar-refractivity contribution is 5.87. The molecule has 0 aliphatic heterocycles. The summed E-state index contributed by atoms with van der Waals surface area (Å²) in [5.41, 5.74) is -7.34. The molecule has 5 unspecified atom stereocenters. The van der Waals surface area contributed by atoms with Crippen molar-refractivity contribution in [3.8, 4) is 24.5 Å². The van der Waals surface area contributed by atoms with Crippen molar-refractivity contribution in [2.24, 2.45) is 27.1 Å². The number of amides is 2. The minimum Gasteiger partial charge on any atom is -0.481 e. The maximum atomic E-state index is 13.9. The average Bonchev–Trinajstić information content (AvgIpc) is 2.98. The second kappa shape index (κ2) is 18.4. The fraction of sp³-hybridized carbons (Fsp3) is 0.758. The van der Waals surface area contributed by atoms with Gasteiger partial charge in [0.15, 0.2) is 0 Å². The van der Waals surface area contributed by atoms with Crippen molar-refractivity contribution >= 4 is 23.8 Å². The van der Waals surface area contributed by atoms with Crippen molar-refractivity contribution in [3.05, 3.63) is 0 Å². The zero-order chi connectivity index (χ0) is 35.8. The zero-order valence-electron chi connectivity index (χ0n) is 28.6. The first kappa shape index (κ1) is 42.3. The number of carbonyl (C=O) groups excluding carboxylic acids is 3. The summed E-state index contributed by atoms with van der Waals surface area (Å²) in [6.45, 7) is 11.1. The van der Waals surface area contributed by atoms with Gasteiger partial charge in [-0.05, 0) is 60.3 Å². The first-order valence-corrected chi connectivity index (χ1v) is 15.2. The molecule has 5 atom stereocenters. The second-order valence-corrected chi connectivity index (χ2v) is 13.5. The van der Waals surface area contributed by atoms with E-state index in [2.05, 4.69) is 28.7 Å². The van der Waals surface area contributed by atoms with Gasteiger partial charge in [0.25, 0.3) is 0 Å². The Morgan fingerprint density at radius 3 is 1.93 bits per heavy atom. The van der Waals surface area contributed by atoms with E-state index in [9.17, 15) is 39.9 Å². The van der Waals surface area contributed by atoms with Crippen LogP contribution in [0.15, 0.2) is 0 Å². The van der Waals surface area contributed by atoms with E-state index < -0.39 is 56.9 Å². The molecular formula is C33H52N4O9. The Bertz CT molecular complexity index is 1180. The molecule has 4 N–H and O–H groups in total. The largest absolute Gasteiger partial charge is 0.481 e. The van der Waals surface area contributed by atoms with E-state index in [1.807, 2.05) is 0 Å².